The number of methoxy groups -OCH3 is 1. The molecule has 6 nitrogen and oxygen atoms in total. The Balaban J connectivity index is 1.78. The molecule has 0 saturated carbocycles. The van der Waals surface area contributed by atoms with Gasteiger partial charge in [-0.25, -0.2) is 9.59 Å². The molecular formula is C27H32O6. The Morgan fingerprint density at radius 2 is 1.55 bits per heavy atom. The summed E-state index contributed by atoms with van der Waals surface area (Å²) in [5, 5.41) is 0.384. The highest BCUT2D eigenvalue weighted by Crippen LogP contribution is 2.39. The Bertz CT molecular complexity index is 1090. The molecule has 2 aromatic carbocycles. The zero-order chi connectivity index (χ0) is 23.5. The van der Waals surface area contributed by atoms with Crippen molar-refractivity contribution in [1.29, 1.82) is 0 Å². The first-order chi connectivity index (χ1) is 16.2. The molecule has 33 heavy (non-hydrogen) atoms. The van der Waals surface area contributed by atoms with Crippen LogP contribution in [0.3, 0.4) is 0 Å². The van der Waals surface area contributed by atoms with E-state index in [2.05, 4.69) is 6.92 Å². The fourth-order valence-electron chi connectivity index (χ4n) is 3.70. The van der Waals surface area contributed by atoms with Gasteiger partial charge < -0.3 is 18.6 Å². The average Bonchev–Trinajstić information content (AvgIpc) is 2.84. The maximum absolute atomic E-state index is 12.8. The van der Waals surface area contributed by atoms with Crippen molar-refractivity contribution in [2.75, 3.05) is 13.7 Å². The second kappa shape index (κ2) is 12.7. The highest BCUT2D eigenvalue weighted by molar-refractivity contribution is 5.97. The molecule has 1 heterocycles. The van der Waals surface area contributed by atoms with Crippen LogP contribution >= 0.6 is 0 Å². The number of rotatable bonds is 13. The number of benzene rings is 2. The summed E-state index contributed by atoms with van der Waals surface area (Å²) < 4.78 is 22.4. The van der Waals surface area contributed by atoms with Gasteiger partial charge in [0.1, 0.15) is 16.7 Å². The van der Waals surface area contributed by atoms with Crippen LogP contribution in [0, 0.1) is 0 Å². The lowest BCUT2D eigenvalue weighted by atomic mass is 10.1. The maximum atomic E-state index is 12.8. The van der Waals surface area contributed by atoms with Gasteiger partial charge in [-0.05, 0) is 30.7 Å². The standard InChI is InChI=1S/C27H32O6/c1-3-4-5-6-7-8-9-13-19-31-25-24(33-26(28)20-15-11-10-12-16-20)23-21(30-2)17-14-18-22(23)32-27(25)29/h10-12,14-18H,3-9,13,19H2,1-2H3. The highest BCUT2D eigenvalue weighted by atomic mass is 16.6. The lowest BCUT2D eigenvalue weighted by Crippen LogP contribution is -2.15. The summed E-state index contributed by atoms with van der Waals surface area (Å²) in [6, 6.07) is 13.6. The lowest BCUT2D eigenvalue weighted by Gasteiger charge is -2.14. The number of carbonyl (C=O) groups excluding carboxylic acids is 1. The molecule has 0 bridgehead atoms. The first-order valence-corrected chi connectivity index (χ1v) is 11.7. The molecule has 3 rings (SSSR count). The van der Waals surface area contributed by atoms with Crippen molar-refractivity contribution in [3.05, 3.63) is 64.5 Å². The smallest absolute Gasteiger partial charge is 0.383 e. The van der Waals surface area contributed by atoms with E-state index in [1.165, 1.54) is 39.2 Å². The van der Waals surface area contributed by atoms with Crippen molar-refractivity contribution in [2.24, 2.45) is 0 Å². The van der Waals surface area contributed by atoms with Crippen LogP contribution in [0.25, 0.3) is 11.0 Å². The van der Waals surface area contributed by atoms with E-state index in [4.69, 9.17) is 18.6 Å². The SMILES string of the molecule is CCCCCCCCCCOc1c(OC(=O)c2ccccc2)c2c(OC)cccc2oc1=O. The van der Waals surface area contributed by atoms with Gasteiger partial charge in [0.05, 0.1) is 19.3 Å². The first kappa shape index (κ1) is 24.4. The average molecular weight is 453 g/mol. The predicted molar refractivity (Wildman–Crippen MR) is 129 cm³/mol. The van der Waals surface area contributed by atoms with Crippen molar-refractivity contribution in [3.63, 3.8) is 0 Å². The molecular weight excluding hydrogens is 420 g/mol. The van der Waals surface area contributed by atoms with E-state index in [0.717, 1.165) is 19.3 Å². The van der Waals surface area contributed by atoms with Gasteiger partial charge in [-0.1, -0.05) is 76.1 Å². The maximum Gasteiger partial charge on any atom is 0.383 e. The third kappa shape index (κ3) is 6.60. The molecule has 0 aliphatic heterocycles. The van der Waals surface area contributed by atoms with E-state index in [1.54, 1.807) is 42.5 Å². The Morgan fingerprint density at radius 3 is 2.24 bits per heavy atom. The van der Waals surface area contributed by atoms with Gasteiger partial charge in [-0.3, -0.25) is 0 Å². The molecule has 1 aromatic heterocycles. The number of fused-ring (bicyclic) bond motifs is 1. The predicted octanol–water partition coefficient (Wildman–Crippen LogP) is 6.54. The van der Waals surface area contributed by atoms with Gasteiger partial charge in [-0.2, -0.15) is 0 Å². The molecule has 0 amide bonds. The van der Waals surface area contributed by atoms with E-state index < -0.39 is 11.6 Å². The molecule has 0 aliphatic carbocycles. The molecule has 0 unspecified atom stereocenters. The van der Waals surface area contributed by atoms with E-state index in [-0.39, 0.29) is 17.1 Å². The van der Waals surface area contributed by atoms with E-state index >= 15 is 0 Å². The van der Waals surface area contributed by atoms with Crippen molar-refractivity contribution in [3.8, 4) is 17.2 Å². The number of ether oxygens (including phenoxy) is 3. The Kier molecular flexibility index (Phi) is 9.36. The number of esters is 1. The van der Waals surface area contributed by atoms with E-state index in [9.17, 15) is 9.59 Å². The van der Waals surface area contributed by atoms with Gasteiger partial charge in [0.15, 0.2) is 5.75 Å². The fraction of sp³-hybridized carbons (Fsp3) is 0.407. The largest absolute Gasteiger partial charge is 0.496 e. The number of hydrogen-bond acceptors (Lipinski definition) is 6. The second-order valence-corrected chi connectivity index (χ2v) is 7.96. The number of unbranched alkanes of at least 4 members (excludes halogenated alkanes) is 7. The zero-order valence-electron chi connectivity index (χ0n) is 19.4. The van der Waals surface area contributed by atoms with E-state index in [0.29, 0.717) is 23.3 Å². The molecule has 0 saturated heterocycles. The van der Waals surface area contributed by atoms with Crippen LogP contribution in [-0.2, 0) is 0 Å². The Labute approximate surface area is 194 Å². The van der Waals surface area contributed by atoms with Gasteiger partial charge >= 0.3 is 11.6 Å². The van der Waals surface area contributed by atoms with Crippen LogP contribution < -0.4 is 19.8 Å². The number of carbonyl (C=O) groups is 1. The highest BCUT2D eigenvalue weighted by Gasteiger charge is 2.24. The van der Waals surface area contributed by atoms with Gasteiger partial charge in [0, 0.05) is 0 Å². The van der Waals surface area contributed by atoms with Crippen LogP contribution in [0.5, 0.6) is 17.2 Å². The number of hydrogen-bond donors (Lipinski definition) is 0. The molecule has 0 spiro atoms. The van der Waals surface area contributed by atoms with Crippen molar-refractivity contribution < 1.29 is 23.4 Å². The Hall–Kier alpha value is -3.28. The van der Waals surface area contributed by atoms with Crippen LogP contribution in [0.2, 0.25) is 0 Å². The molecule has 176 valence electrons. The molecule has 3 aromatic rings. The van der Waals surface area contributed by atoms with Gasteiger partial charge in [0.2, 0.25) is 5.75 Å². The summed E-state index contributed by atoms with van der Waals surface area (Å²) in [5.74, 6) is -0.263. The zero-order valence-corrected chi connectivity index (χ0v) is 19.4. The normalized spacial score (nSPS) is 10.8. The minimum Gasteiger partial charge on any atom is -0.496 e. The third-order valence-electron chi connectivity index (χ3n) is 5.48. The van der Waals surface area contributed by atoms with Crippen LogP contribution in [0.4, 0.5) is 0 Å². The molecule has 0 N–H and O–H groups in total. The molecule has 0 atom stereocenters. The van der Waals surface area contributed by atoms with Crippen LogP contribution in [-0.4, -0.2) is 19.7 Å². The van der Waals surface area contributed by atoms with E-state index in [1.807, 2.05) is 6.07 Å². The monoisotopic (exact) mass is 452 g/mol. The topological polar surface area (TPSA) is 75.0 Å². The van der Waals surface area contributed by atoms with Crippen molar-refractivity contribution >= 4 is 16.9 Å². The summed E-state index contributed by atoms with van der Waals surface area (Å²) in [5.41, 5.74) is -0.0661. The molecule has 0 aliphatic rings. The van der Waals surface area contributed by atoms with Gasteiger partial charge in [0.25, 0.3) is 0 Å². The minimum atomic E-state index is -0.689. The molecule has 6 heteroatoms. The van der Waals surface area contributed by atoms with Crippen molar-refractivity contribution in [1.82, 2.24) is 0 Å². The quantitative estimate of drug-likeness (QED) is 0.166. The summed E-state index contributed by atoms with van der Waals surface area (Å²) in [6.07, 6.45) is 9.19. The lowest BCUT2D eigenvalue weighted by molar-refractivity contribution is 0.0729. The van der Waals surface area contributed by atoms with Crippen LogP contribution in [0.1, 0.15) is 68.6 Å². The first-order valence-electron chi connectivity index (χ1n) is 11.7. The Morgan fingerprint density at radius 1 is 0.848 bits per heavy atom. The second-order valence-electron chi connectivity index (χ2n) is 7.96. The molecule has 0 radical (unpaired) electrons. The summed E-state index contributed by atoms with van der Waals surface area (Å²) in [7, 11) is 1.50. The minimum absolute atomic E-state index is 0.0205. The summed E-state index contributed by atoms with van der Waals surface area (Å²) in [4.78, 5) is 25.5. The summed E-state index contributed by atoms with van der Waals surface area (Å²) >= 11 is 0. The summed E-state index contributed by atoms with van der Waals surface area (Å²) in [6.45, 7) is 2.54. The van der Waals surface area contributed by atoms with Crippen LogP contribution in [0.15, 0.2) is 57.7 Å². The van der Waals surface area contributed by atoms with Gasteiger partial charge in [-0.15, -0.1) is 0 Å². The van der Waals surface area contributed by atoms with Crippen molar-refractivity contribution in [2.45, 2.75) is 58.3 Å². The third-order valence-corrected chi connectivity index (χ3v) is 5.48. The molecule has 0 fully saturated rings. The fourth-order valence-corrected chi connectivity index (χ4v) is 3.70.